The summed E-state index contributed by atoms with van der Waals surface area (Å²) in [6.07, 6.45) is 0. The summed E-state index contributed by atoms with van der Waals surface area (Å²) in [6.45, 7) is 8.71. The van der Waals surface area contributed by atoms with Gasteiger partial charge in [0.1, 0.15) is 16.5 Å². The van der Waals surface area contributed by atoms with Crippen molar-refractivity contribution in [2.24, 2.45) is 0 Å². The summed E-state index contributed by atoms with van der Waals surface area (Å²) in [5.41, 5.74) is 1.70. The molecule has 0 radical (unpaired) electrons. The molecule has 0 aromatic carbocycles. The summed E-state index contributed by atoms with van der Waals surface area (Å²) < 4.78 is 5.18. The van der Waals surface area contributed by atoms with Gasteiger partial charge in [0.15, 0.2) is 0 Å². The number of amides is 1. The van der Waals surface area contributed by atoms with E-state index in [9.17, 15) is 9.59 Å². The first kappa shape index (κ1) is 14.6. The molecule has 1 heterocycles. The van der Waals surface area contributed by atoms with Gasteiger partial charge in [0.05, 0.1) is 11.2 Å². The second kappa shape index (κ2) is 5.48. The topological polar surface area (TPSA) is 68.3 Å². The second-order valence-electron chi connectivity index (χ2n) is 5.00. The Bertz CT molecular complexity index is 448. The molecule has 0 fully saturated rings. The van der Waals surface area contributed by atoms with Crippen LogP contribution in [0.4, 0.5) is 0 Å². The van der Waals surface area contributed by atoms with Crippen molar-refractivity contribution in [2.45, 2.75) is 46.3 Å². The van der Waals surface area contributed by atoms with Gasteiger partial charge < -0.3 is 10.1 Å². The van der Waals surface area contributed by atoms with Gasteiger partial charge in [-0.25, -0.2) is 9.78 Å². The van der Waals surface area contributed by atoms with Crippen LogP contribution in [0.2, 0.25) is 0 Å². The monoisotopic (exact) mass is 270 g/mol. The number of hydrogen-bond acceptors (Lipinski definition) is 5. The second-order valence-corrected chi connectivity index (χ2v) is 5.85. The quantitative estimate of drug-likeness (QED) is 0.852. The Hall–Kier alpha value is -1.43. The lowest BCUT2D eigenvalue weighted by Crippen LogP contribution is -2.42. The first-order valence-electron chi connectivity index (χ1n) is 5.64. The molecule has 0 unspecified atom stereocenters. The van der Waals surface area contributed by atoms with Gasteiger partial charge in [-0.1, -0.05) is 0 Å². The number of aromatic nitrogens is 1. The first-order chi connectivity index (χ1) is 8.20. The number of aryl methyl sites for hydroxylation is 1. The lowest BCUT2D eigenvalue weighted by Gasteiger charge is -2.22. The third-order valence-electron chi connectivity index (χ3n) is 2.06. The smallest absolute Gasteiger partial charge is 0.328 e. The fourth-order valence-electron chi connectivity index (χ4n) is 1.23. The highest BCUT2D eigenvalue weighted by atomic mass is 32.1. The summed E-state index contributed by atoms with van der Waals surface area (Å²) >= 11 is 1.25. The van der Waals surface area contributed by atoms with Crippen molar-refractivity contribution in [2.75, 3.05) is 0 Å². The largest absolute Gasteiger partial charge is 0.458 e. The van der Waals surface area contributed by atoms with E-state index in [0.29, 0.717) is 10.6 Å². The highest BCUT2D eigenvalue weighted by molar-refractivity contribution is 7.11. The van der Waals surface area contributed by atoms with E-state index in [4.69, 9.17) is 4.74 Å². The Balaban J connectivity index is 2.60. The number of thiazole rings is 1. The van der Waals surface area contributed by atoms with E-state index in [1.807, 2.05) is 0 Å². The standard InChI is InChI=1S/C12H18N2O3S/c1-7-9(18-6-13-7)10(15)14-8(2)11(16)17-12(3,4)5/h6,8H,1-5H3,(H,14,15)/t8-/m1/s1. The van der Waals surface area contributed by atoms with Gasteiger partial charge in [0.2, 0.25) is 0 Å². The highest BCUT2D eigenvalue weighted by Crippen LogP contribution is 2.13. The van der Waals surface area contributed by atoms with Crippen molar-refractivity contribution in [3.8, 4) is 0 Å². The normalized spacial score (nSPS) is 12.9. The number of esters is 1. The fraction of sp³-hybridized carbons (Fsp3) is 0.583. The van der Waals surface area contributed by atoms with Crippen LogP contribution in [0.25, 0.3) is 0 Å². The van der Waals surface area contributed by atoms with Crippen molar-refractivity contribution in [1.29, 1.82) is 0 Å². The molecule has 1 atom stereocenters. The Morgan fingerprint density at radius 3 is 2.50 bits per heavy atom. The maximum absolute atomic E-state index is 11.9. The lowest BCUT2D eigenvalue weighted by atomic mass is 10.2. The molecule has 1 amide bonds. The Labute approximate surface area is 111 Å². The average molecular weight is 270 g/mol. The van der Waals surface area contributed by atoms with Gasteiger partial charge in [0.25, 0.3) is 5.91 Å². The van der Waals surface area contributed by atoms with Crippen LogP contribution in [-0.2, 0) is 9.53 Å². The summed E-state index contributed by atoms with van der Waals surface area (Å²) in [6, 6.07) is -0.682. The Kier molecular flexibility index (Phi) is 4.45. The predicted octanol–water partition coefficient (Wildman–Crippen LogP) is 1.91. The number of nitrogens with zero attached hydrogens (tertiary/aromatic N) is 1. The molecule has 0 bridgehead atoms. The molecule has 1 aromatic heterocycles. The number of ether oxygens (including phenoxy) is 1. The third kappa shape index (κ3) is 4.10. The minimum absolute atomic E-state index is 0.298. The molecule has 0 saturated heterocycles. The number of carbonyl (C=O) groups is 2. The van der Waals surface area contributed by atoms with E-state index in [2.05, 4.69) is 10.3 Å². The minimum Gasteiger partial charge on any atom is -0.458 e. The zero-order valence-corrected chi connectivity index (χ0v) is 12.1. The van der Waals surface area contributed by atoms with Crippen LogP contribution in [0.1, 0.15) is 43.1 Å². The van der Waals surface area contributed by atoms with Gasteiger partial charge in [-0.3, -0.25) is 4.79 Å². The molecule has 18 heavy (non-hydrogen) atoms. The van der Waals surface area contributed by atoms with Crippen molar-refractivity contribution in [1.82, 2.24) is 10.3 Å². The van der Waals surface area contributed by atoms with Crippen LogP contribution >= 0.6 is 11.3 Å². The van der Waals surface area contributed by atoms with Crippen molar-refractivity contribution in [3.05, 3.63) is 16.1 Å². The third-order valence-corrected chi connectivity index (χ3v) is 2.99. The molecule has 0 saturated carbocycles. The number of nitrogens with one attached hydrogen (secondary N) is 1. The van der Waals surface area contributed by atoms with E-state index < -0.39 is 17.6 Å². The molecule has 1 rings (SSSR count). The first-order valence-corrected chi connectivity index (χ1v) is 6.52. The fourth-order valence-corrected chi connectivity index (χ4v) is 1.94. The van der Waals surface area contributed by atoms with E-state index in [1.165, 1.54) is 11.3 Å². The molecule has 1 N–H and O–H groups in total. The highest BCUT2D eigenvalue weighted by Gasteiger charge is 2.24. The minimum atomic E-state index is -0.682. The van der Waals surface area contributed by atoms with Gasteiger partial charge >= 0.3 is 5.97 Å². The van der Waals surface area contributed by atoms with Crippen LogP contribution in [0, 0.1) is 6.92 Å². The molecule has 5 nitrogen and oxygen atoms in total. The maximum Gasteiger partial charge on any atom is 0.328 e. The SMILES string of the molecule is Cc1ncsc1C(=O)N[C@H](C)C(=O)OC(C)(C)C. The summed E-state index contributed by atoms with van der Waals surface area (Å²) in [5.74, 6) is -0.744. The lowest BCUT2D eigenvalue weighted by molar-refractivity contribution is -0.156. The molecule has 100 valence electrons. The number of carbonyl (C=O) groups excluding carboxylic acids is 2. The maximum atomic E-state index is 11.9. The molecular formula is C12H18N2O3S. The van der Waals surface area contributed by atoms with Crippen molar-refractivity contribution in [3.63, 3.8) is 0 Å². The average Bonchev–Trinajstić information content (AvgIpc) is 2.61. The van der Waals surface area contributed by atoms with Gasteiger partial charge in [-0.2, -0.15) is 0 Å². The number of rotatable bonds is 3. The zero-order chi connectivity index (χ0) is 13.9. The zero-order valence-electron chi connectivity index (χ0n) is 11.2. The Morgan fingerprint density at radius 1 is 1.44 bits per heavy atom. The van der Waals surface area contributed by atoms with Crippen LogP contribution in [-0.4, -0.2) is 28.5 Å². The van der Waals surface area contributed by atoms with Crippen LogP contribution < -0.4 is 5.32 Å². The molecule has 1 aromatic rings. The van der Waals surface area contributed by atoms with Crippen LogP contribution in [0.5, 0.6) is 0 Å². The number of hydrogen-bond donors (Lipinski definition) is 1. The van der Waals surface area contributed by atoms with E-state index in [-0.39, 0.29) is 5.91 Å². The van der Waals surface area contributed by atoms with Gasteiger partial charge in [-0.05, 0) is 34.6 Å². The molecular weight excluding hydrogens is 252 g/mol. The summed E-state index contributed by atoms with van der Waals surface area (Å²) in [5, 5.41) is 2.60. The summed E-state index contributed by atoms with van der Waals surface area (Å²) in [4.78, 5) is 28.1. The van der Waals surface area contributed by atoms with Crippen LogP contribution in [0.15, 0.2) is 5.51 Å². The van der Waals surface area contributed by atoms with Gasteiger partial charge in [-0.15, -0.1) is 11.3 Å². The molecule has 0 spiro atoms. The molecule has 6 heteroatoms. The van der Waals surface area contributed by atoms with E-state index >= 15 is 0 Å². The molecule has 0 aliphatic heterocycles. The van der Waals surface area contributed by atoms with Crippen molar-refractivity contribution >= 4 is 23.2 Å². The molecule has 0 aliphatic carbocycles. The predicted molar refractivity (Wildman–Crippen MR) is 69.6 cm³/mol. The van der Waals surface area contributed by atoms with E-state index in [0.717, 1.165) is 0 Å². The summed E-state index contributed by atoms with van der Waals surface area (Å²) in [7, 11) is 0. The Morgan fingerprint density at radius 2 is 2.06 bits per heavy atom. The molecule has 0 aliphatic rings. The van der Waals surface area contributed by atoms with Gasteiger partial charge in [0, 0.05) is 0 Å². The van der Waals surface area contributed by atoms with Crippen LogP contribution in [0.3, 0.4) is 0 Å². The van der Waals surface area contributed by atoms with E-state index in [1.54, 1.807) is 40.1 Å². The van der Waals surface area contributed by atoms with Crippen molar-refractivity contribution < 1.29 is 14.3 Å².